The minimum absolute atomic E-state index is 0.125. The third kappa shape index (κ3) is 8.71. The van der Waals surface area contributed by atoms with E-state index < -0.39 is 0 Å². The maximum Gasteiger partial charge on any atom is 0.321 e. The lowest BCUT2D eigenvalue weighted by atomic mass is 10.1. The highest BCUT2D eigenvalue weighted by atomic mass is 16.2. The number of urea groups is 1. The Labute approximate surface area is 167 Å². The van der Waals surface area contributed by atoms with E-state index in [9.17, 15) is 9.59 Å². The van der Waals surface area contributed by atoms with Crippen molar-refractivity contribution in [2.24, 2.45) is 5.73 Å². The molecule has 5 heteroatoms. The van der Waals surface area contributed by atoms with Gasteiger partial charge < -0.3 is 16.0 Å². The number of nitrogens with zero attached hydrogens (tertiary/aromatic N) is 1. The number of para-hydroxylation sites is 1. The summed E-state index contributed by atoms with van der Waals surface area (Å²) >= 11 is 0. The number of anilines is 1. The fourth-order valence-electron chi connectivity index (χ4n) is 3.11. The average molecular weight is 382 g/mol. The van der Waals surface area contributed by atoms with Crippen LogP contribution in [0.4, 0.5) is 10.5 Å². The molecular formula is C23H31N3O2. The number of primary amides is 1. The number of carbonyl (C=O) groups is 2. The molecule has 0 bridgehead atoms. The lowest BCUT2D eigenvalue weighted by Crippen LogP contribution is -2.37. The normalized spacial score (nSPS) is 10.4. The van der Waals surface area contributed by atoms with Crippen molar-refractivity contribution in [2.45, 2.75) is 44.9 Å². The molecule has 28 heavy (non-hydrogen) atoms. The molecule has 2 aromatic rings. The summed E-state index contributed by atoms with van der Waals surface area (Å²) in [5.74, 6) is -0.329. The van der Waals surface area contributed by atoms with Crippen molar-refractivity contribution in [3.63, 3.8) is 0 Å². The number of nitrogens with two attached hydrogens (primary N) is 1. The standard InChI is InChI=1S/C23H31N3O2/c24-22(27)17-11-19-26(23(28)25-21-15-8-4-9-16-21)18-10-2-1-5-12-20-13-6-3-7-14-20/h3-4,6-9,13-16H,1-2,5,10-12,17-19H2,(H2,24,27)(H,25,28). The highest BCUT2D eigenvalue weighted by Gasteiger charge is 2.13. The summed E-state index contributed by atoms with van der Waals surface area (Å²) in [6.45, 7) is 1.22. The smallest absolute Gasteiger partial charge is 0.321 e. The second-order valence-electron chi connectivity index (χ2n) is 7.00. The highest BCUT2D eigenvalue weighted by molar-refractivity contribution is 5.89. The van der Waals surface area contributed by atoms with Gasteiger partial charge in [0.2, 0.25) is 5.91 Å². The van der Waals surface area contributed by atoms with E-state index in [0.29, 0.717) is 25.9 Å². The van der Waals surface area contributed by atoms with Crippen molar-refractivity contribution in [3.05, 3.63) is 66.2 Å². The predicted molar refractivity (Wildman–Crippen MR) is 114 cm³/mol. The van der Waals surface area contributed by atoms with Crippen molar-refractivity contribution >= 4 is 17.6 Å². The van der Waals surface area contributed by atoms with Crippen LogP contribution in [0.3, 0.4) is 0 Å². The Morgan fingerprint density at radius 1 is 0.786 bits per heavy atom. The van der Waals surface area contributed by atoms with E-state index in [-0.39, 0.29) is 11.9 Å². The SMILES string of the molecule is NC(=O)CCCN(CCCCCCc1ccccc1)C(=O)Nc1ccccc1. The third-order valence-electron chi connectivity index (χ3n) is 4.65. The monoisotopic (exact) mass is 381 g/mol. The predicted octanol–water partition coefficient (Wildman–Crippen LogP) is 4.59. The first-order valence-corrected chi connectivity index (χ1v) is 10.1. The van der Waals surface area contributed by atoms with E-state index in [1.807, 2.05) is 36.4 Å². The second-order valence-corrected chi connectivity index (χ2v) is 7.00. The molecule has 3 N–H and O–H groups in total. The van der Waals surface area contributed by atoms with Gasteiger partial charge in [-0.2, -0.15) is 0 Å². The van der Waals surface area contributed by atoms with Crippen LogP contribution in [-0.4, -0.2) is 29.9 Å². The van der Waals surface area contributed by atoms with Gasteiger partial charge in [-0.1, -0.05) is 61.4 Å². The van der Waals surface area contributed by atoms with E-state index in [4.69, 9.17) is 5.73 Å². The maximum absolute atomic E-state index is 12.6. The van der Waals surface area contributed by atoms with Gasteiger partial charge in [0.15, 0.2) is 0 Å². The Kier molecular flexibility index (Phi) is 9.62. The molecule has 0 unspecified atom stereocenters. The number of amides is 3. The lowest BCUT2D eigenvalue weighted by molar-refractivity contribution is -0.118. The summed E-state index contributed by atoms with van der Waals surface area (Å²) < 4.78 is 0. The molecule has 3 amide bonds. The molecule has 2 rings (SSSR count). The molecule has 0 saturated heterocycles. The Hall–Kier alpha value is -2.82. The Bertz CT molecular complexity index is 704. The van der Waals surface area contributed by atoms with E-state index in [2.05, 4.69) is 29.6 Å². The summed E-state index contributed by atoms with van der Waals surface area (Å²) in [6, 6.07) is 19.8. The number of hydrogen-bond donors (Lipinski definition) is 2. The zero-order valence-corrected chi connectivity index (χ0v) is 16.5. The average Bonchev–Trinajstić information content (AvgIpc) is 2.70. The molecule has 150 valence electrons. The van der Waals surface area contributed by atoms with E-state index in [1.54, 1.807) is 4.90 Å². The third-order valence-corrected chi connectivity index (χ3v) is 4.65. The number of nitrogens with one attached hydrogen (secondary N) is 1. The number of unbranched alkanes of at least 4 members (excludes halogenated alkanes) is 3. The second kappa shape index (κ2) is 12.5. The van der Waals surface area contributed by atoms with Gasteiger partial charge in [0, 0.05) is 25.2 Å². The maximum atomic E-state index is 12.6. The summed E-state index contributed by atoms with van der Waals surface area (Å²) in [4.78, 5) is 25.4. The van der Waals surface area contributed by atoms with Crippen molar-refractivity contribution in [1.82, 2.24) is 4.90 Å². The van der Waals surface area contributed by atoms with Crippen LogP contribution in [0.5, 0.6) is 0 Å². The van der Waals surface area contributed by atoms with Crippen molar-refractivity contribution in [3.8, 4) is 0 Å². The van der Waals surface area contributed by atoms with Gasteiger partial charge in [-0.05, 0) is 43.4 Å². The fraction of sp³-hybridized carbons (Fsp3) is 0.391. The van der Waals surface area contributed by atoms with Crippen molar-refractivity contribution < 1.29 is 9.59 Å². The largest absolute Gasteiger partial charge is 0.370 e. The molecule has 0 heterocycles. The minimum atomic E-state index is -0.329. The molecular weight excluding hydrogens is 350 g/mol. The van der Waals surface area contributed by atoms with Crippen LogP contribution in [-0.2, 0) is 11.2 Å². The molecule has 0 aliphatic carbocycles. The molecule has 0 saturated carbocycles. The zero-order chi connectivity index (χ0) is 20.0. The molecule has 0 radical (unpaired) electrons. The number of benzene rings is 2. The van der Waals surface area contributed by atoms with Crippen molar-refractivity contribution in [2.75, 3.05) is 18.4 Å². The van der Waals surface area contributed by atoms with Gasteiger partial charge in [-0.3, -0.25) is 4.79 Å². The van der Waals surface area contributed by atoms with Crippen LogP contribution < -0.4 is 11.1 Å². The molecule has 5 nitrogen and oxygen atoms in total. The van der Waals surface area contributed by atoms with Gasteiger partial charge in [-0.15, -0.1) is 0 Å². The number of aryl methyl sites for hydroxylation is 1. The molecule has 0 aromatic heterocycles. The molecule has 0 aliphatic heterocycles. The minimum Gasteiger partial charge on any atom is -0.370 e. The number of rotatable bonds is 12. The van der Waals surface area contributed by atoms with Gasteiger partial charge in [-0.25, -0.2) is 4.79 Å². The lowest BCUT2D eigenvalue weighted by Gasteiger charge is -2.23. The first-order chi connectivity index (χ1) is 13.6. The zero-order valence-electron chi connectivity index (χ0n) is 16.5. The highest BCUT2D eigenvalue weighted by Crippen LogP contribution is 2.11. The summed E-state index contributed by atoms with van der Waals surface area (Å²) in [5, 5.41) is 2.92. The summed E-state index contributed by atoms with van der Waals surface area (Å²) in [5.41, 5.74) is 7.37. The van der Waals surface area contributed by atoms with Crippen molar-refractivity contribution in [1.29, 1.82) is 0 Å². The van der Waals surface area contributed by atoms with E-state index >= 15 is 0 Å². The van der Waals surface area contributed by atoms with Gasteiger partial charge in [0.1, 0.15) is 0 Å². The van der Waals surface area contributed by atoms with Gasteiger partial charge in [0.05, 0.1) is 0 Å². The first-order valence-electron chi connectivity index (χ1n) is 10.1. The molecule has 2 aromatic carbocycles. The van der Waals surface area contributed by atoms with E-state index in [0.717, 1.165) is 37.8 Å². The molecule has 0 fully saturated rings. The van der Waals surface area contributed by atoms with Crippen LogP contribution in [0, 0.1) is 0 Å². The Morgan fingerprint density at radius 3 is 2.07 bits per heavy atom. The topological polar surface area (TPSA) is 75.4 Å². The van der Waals surface area contributed by atoms with Crippen LogP contribution in [0.15, 0.2) is 60.7 Å². The first kappa shape index (κ1) is 21.5. The van der Waals surface area contributed by atoms with Crippen LogP contribution >= 0.6 is 0 Å². The quantitative estimate of drug-likeness (QED) is 0.528. The van der Waals surface area contributed by atoms with Crippen LogP contribution in [0.25, 0.3) is 0 Å². The molecule has 0 aliphatic rings. The molecule has 0 atom stereocenters. The molecule has 0 spiro atoms. The fourth-order valence-corrected chi connectivity index (χ4v) is 3.11. The van der Waals surface area contributed by atoms with E-state index in [1.165, 1.54) is 5.56 Å². The Morgan fingerprint density at radius 2 is 1.39 bits per heavy atom. The summed E-state index contributed by atoms with van der Waals surface area (Å²) in [6.07, 6.45) is 6.31. The van der Waals surface area contributed by atoms with Crippen LogP contribution in [0.2, 0.25) is 0 Å². The Balaban J connectivity index is 1.73. The van der Waals surface area contributed by atoms with Crippen LogP contribution in [0.1, 0.15) is 44.1 Å². The number of carbonyl (C=O) groups excluding carboxylic acids is 2. The van der Waals surface area contributed by atoms with Gasteiger partial charge >= 0.3 is 6.03 Å². The number of hydrogen-bond acceptors (Lipinski definition) is 2. The summed E-state index contributed by atoms with van der Waals surface area (Å²) in [7, 11) is 0. The van der Waals surface area contributed by atoms with Gasteiger partial charge in [0.25, 0.3) is 0 Å².